The molecular formula is C12H14O4. The molecule has 1 fully saturated rings. The predicted octanol–water partition coefficient (Wildman–Crippen LogP) is 1.92. The Morgan fingerprint density at radius 1 is 1.44 bits per heavy atom. The van der Waals surface area contributed by atoms with E-state index in [0.717, 1.165) is 11.1 Å². The van der Waals surface area contributed by atoms with Crippen LogP contribution in [-0.2, 0) is 14.3 Å². The van der Waals surface area contributed by atoms with Crippen LogP contribution in [0.5, 0.6) is 0 Å². The molecule has 1 aromatic carbocycles. The Hall–Kier alpha value is -1.39. The summed E-state index contributed by atoms with van der Waals surface area (Å²) in [6, 6.07) is 7.45. The number of rotatable bonds is 3. The van der Waals surface area contributed by atoms with Crippen LogP contribution in [0.2, 0.25) is 0 Å². The monoisotopic (exact) mass is 222 g/mol. The van der Waals surface area contributed by atoms with Gasteiger partial charge in [0.05, 0.1) is 12.5 Å². The van der Waals surface area contributed by atoms with E-state index in [1.165, 1.54) is 0 Å². The van der Waals surface area contributed by atoms with Gasteiger partial charge < -0.3 is 14.6 Å². The minimum absolute atomic E-state index is 0.0193. The molecule has 86 valence electrons. The van der Waals surface area contributed by atoms with Gasteiger partial charge in [-0.3, -0.25) is 4.79 Å². The van der Waals surface area contributed by atoms with Crippen LogP contribution in [0, 0.1) is 0 Å². The van der Waals surface area contributed by atoms with E-state index in [4.69, 9.17) is 14.6 Å². The zero-order valence-electron chi connectivity index (χ0n) is 9.05. The van der Waals surface area contributed by atoms with Crippen molar-refractivity contribution in [3.05, 3.63) is 35.4 Å². The lowest BCUT2D eigenvalue weighted by Crippen LogP contribution is -2.07. The van der Waals surface area contributed by atoms with Crippen molar-refractivity contribution in [2.45, 2.75) is 18.9 Å². The van der Waals surface area contributed by atoms with Crippen LogP contribution in [0.1, 0.15) is 30.1 Å². The van der Waals surface area contributed by atoms with Crippen molar-refractivity contribution in [3.63, 3.8) is 0 Å². The fraction of sp³-hybridized carbons (Fsp3) is 0.417. The van der Waals surface area contributed by atoms with Crippen LogP contribution < -0.4 is 0 Å². The van der Waals surface area contributed by atoms with Crippen LogP contribution >= 0.6 is 0 Å². The molecule has 0 aromatic heterocycles. The lowest BCUT2D eigenvalue weighted by atomic mass is 9.99. The number of carboxylic acids is 1. The van der Waals surface area contributed by atoms with Gasteiger partial charge in [-0.05, 0) is 18.1 Å². The van der Waals surface area contributed by atoms with E-state index >= 15 is 0 Å². The van der Waals surface area contributed by atoms with Crippen molar-refractivity contribution >= 4 is 5.97 Å². The molecule has 2 rings (SSSR count). The molecule has 0 spiro atoms. The first-order valence-electron chi connectivity index (χ1n) is 5.20. The third-order valence-corrected chi connectivity index (χ3v) is 2.80. The van der Waals surface area contributed by atoms with Crippen LogP contribution in [0.25, 0.3) is 0 Å². The first-order chi connectivity index (χ1) is 7.68. The van der Waals surface area contributed by atoms with E-state index in [9.17, 15) is 4.79 Å². The van der Waals surface area contributed by atoms with Gasteiger partial charge in [-0.1, -0.05) is 24.3 Å². The maximum Gasteiger partial charge on any atom is 0.310 e. The Morgan fingerprint density at radius 3 is 2.62 bits per heavy atom. The topological polar surface area (TPSA) is 55.8 Å². The molecule has 0 saturated carbocycles. The highest BCUT2D eigenvalue weighted by atomic mass is 16.7. The van der Waals surface area contributed by atoms with Crippen molar-refractivity contribution < 1.29 is 19.4 Å². The van der Waals surface area contributed by atoms with E-state index in [1.54, 1.807) is 6.92 Å². The fourth-order valence-corrected chi connectivity index (χ4v) is 1.67. The van der Waals surface area contributed by atoms with Crippen LogP contribution in [0.15, 0.2) is 24.3 Å². The molecule has 1 aromatic rings. The predicted molar refractivity (Wildman–Crippen MR) is 57.1 cm³/mol. The Bertz CT molecular complexity index is 365. The van der Waals surface area contributed by atoms with Gasteiger partial charge in [-0.2, -0.15) is 0 Å². The van der Waals surface area contributed by atoms with Gasteiger partial charge >= 0.3 is 5.97 Å². The summed E-state index contributed by atoms with van der Waals surface area (Å²) in [5.74, 6) is -1.29. The van der Waals surface area contributed by atoms with E-state index in [0.29, 0.717) is 13.4 Å². The van der Waals surface area contributed by atoms with Crippen molar-refractivity contribution in [2.75, 3.05) is 13.4 Å². The van der Waals surface area contributed by atoms with E-state index in [-0.39, 0.29) is 6.10 Å². The third-order valence-electron chi connectivity index (χ3n) is 2.80. The summed E-state index contributed by atoms with van der Waals surface area (Å²) in [6.07, 6.45) is -0.0193. The summed E-state index contributed by atoms with van der Waals surface area (Å²) >= 11 is 0. The van der Waals surface area contributed by atoms with Gasteiger partial charge in [0.1, 0.15) is 12.9 Å². The summed E-state index contributed by atoms with van der Waals surface area (Å²) in [6.45, 7) is 2.57. The molecular weight excluding hydrogens is 208 g/mol. The molecule has 2 unspecified atom stereocenters. The first kappa shape index (κ1) is 11.1. The van der Waals surface area contributed by atoms with Gasteiger partial charge in [0.2, 0.25) is 0 Å². The van der Waals surface area contributed by atoms with Crippen LogP contribution in [-0.4, -0.2) is 24.5 Å². The summed E-state index contributed by atoms with van der Waals surface area (Å²) in [5, 5.41) is 8.87. The molecule has 2 atom stereocenters. The average Bonchev–Trinajstić information content (AvgIpc) is 2.81. The molecule has 1 saturated heterocycles. The van der Waals surface area contributed by atoms with Crippen molar-refractivity contribution in [1.29, 1.82) is 0 Å². The summed E-state index contributed by atoms with van der Waals surface area (Å²) in [5.41, 5.74) is 1.83. The molecule has 0 amide bonds. The highest BCUT2D eigenvalue weighted by Gasteiger charge is 2.19. The molecule has 1 aliphatic rings. The Balaban J connectivity index is 2.12. The van der Waals surface area contributed by atoms with Gasteiger partial charge in [0, 0.05) is 0 Å². The van der Waals surface area contributed by atoms with Crippen molar-refractivity contribution in [3.8, 4) is 0 Å². The minimum atomic E-state index is -0.812. The number of ether oxygens (including phenoxy) is 2. The molecule has 16 heavy (non-hydrogen) atoms. The molecule has 1 N–H and O–H groups in total. The number of hydrogen-bond donors (Lipinski definition) is 1. The molecule has 0 aliphatic carbocycles. The lowest BCUT2D eigenvalue weighted by Gasteiger charge is -2.10. The Morgan fingerprint density at radius 2 is 2.12 bits per heavy atom. The first-order valence-corrected chi connectivity index (χ1v) is 5.20. The molecule has 1 aliphatic heterocycles. The smallest absolute Gasteiger partial charge is 0.310 e. The van der Waals surface area contributed by atoms with Crippen LogP contribution in [0.3, 0.4) is 0 Å². The number of benzene rings is 1. The summed E-state index contributed by atoms with van der Waals surface area (Å²) in [4.78, 5) is 10.8. The van der Waals surface area contributed by atoms with Gasteiger partial charge in [-0.15, -0.1) is 0 Å². The average molecular weight is 222 g/mol. The maximum absolute atomic E-state index is 10.8. The highest BCUT2D eigenvalue weighted by molar-refractivity contribution is 5.75. The zero-order chi connectivity index (χ0) is 11.5. The minimum Gasteiger partial charge on any atom is -0.481 e. The van der Waals surface area contributed by atoms with Crippen LogP contribution in [0.4, 0.5) is 0 Å². The van der Waals surface area contributed by atoms with Gasteiger partial charge in [-0.25, -0.2) is 0 Å². The SMILES string of the molecule is CC(C(=O)O)c1ccc(C2COCO2)cc1. The second-order valence-corrected chi connectivity index (χ2v) is 3.87. The normalized spacial score (nSPS) is 21.9. The number of carbonyl (C=O) groups is 1. The molecule has 0 radical (unpaired) electrons. The number of aliphatic carboxylic acids is 1. The molecule has 1 heterocycles. The highest BCUT2D eigenvalue weighted by Crippen LogP contribution is 2.24. The van der Waals surface area contributed by atoms with E-state index < -0.39 is 11.9 Å². The standard InChI is InChI=1S/C12H14O4/c1-8(12(13)14)9-2-4-10(5-3-9)11-6-15-7-16-11/h2-5,8,11H,6-7H2,1H3,(H,13,14). The molecule has 0 bridgehead atoms. The molecule has 4 nitrogen and oxygen atoms in total. The third kappa shape index (κ3) is 2.23. The van der Waals surface area contributed by atoms with Crippen molar-refractivity contribution in [2.24, 2.45) is 0 Å². The fourth-order valence-electron chi connectivity index (χ4n) is 1.67. The Labute approximate surface area is 93.8 Å². The second-order valence-electron chi connectivity index (χ2n) is 3.87. The second kappa shape index (κ2) is 4.63. The largest absolute Gasteiger partial charge is 0.481 e. The Kier molecular flexibility index (Phi) is 3.22. The zero-order valence-corrected chi connectivity index (χ0v) is 9.05. The summed E-state index contributed by atoms with van der Waals surface area (Å²) < 4.78 is 10.5. The van der Waals surface area contributed by atoms with Crippen molar-refractivity contribution in [1.82, 2.24) is 0 Å². The van der Waals surface area contributed by atoms with Gasteiger partial charge in [0.25, 0.3) is 0 Å². The van der Waals surface area contributed by atoms with E-state index in [1.807, 2.05) is 24.3 Å². The van der Waals surface area contributed by atoms with E-state index in [2.05, 4.69) is 0 Å². The summed E-state index contributed by atoms with van der Waals surface area (Å²) in [7, 11) is 0. The number of carboxylic acid groups (broad SMARTS) is 1. The molecule has 4 heteroatoms. The lowest BCUT2D eigenvalue weighted by molar-refractivity contribution is -0.138. The quantitative estimate of drug-likeness (QED) is 0.848. The maximum atomic E-state index is 10.8. The van der Waals surface area contributed by atoms with Gasteiger partial charge in [0.15, 0.2) is 0 Å². The number of hydrogen-bond acceptors (Lipinski definition) is 3.